The second-order valence-corrected chi connectivity index (χ2v) is 30.5. The molecule has 35 nitrogen and oxygen atoms in total. The third-order valence-electron chi connectivity index (χ3n) is 13.4. The fraction of sp³-hybridized carbons (Fsp3) is 0.491. The predicted octanol–water partition coefficient (Wildman–Crippen LogP) is -4.96. The molecule has 542 valence electrons. The lowest BCUT2D eigenvalue weighted by molar-refractivity contribution is -0.131. The zero-order valence-electron chi connectivity index (χ0n) is 50.1. The van der Waals surface area contributed by atoms with Gasteiger partial charge in [-0.1, -0.05) is 0 Å². The van der Waals surface area contributed by atoms with E-state index in [4.69, 9.17) is 0 Å². The number of anilines is 3. The Morgan fingerprint density at radius 2 is 0.546 bits per heavy atom. The molecular formula is C53H66I9N9O26. The largest absolute Gasteiger partial charge is 0.394 e. The summed E-state index contributed by atoms with van der Waals surface area (Å²) in [5.41, 5.74) is -3.06. The molecule has 9 amide bonds. The Balaban J connectivity index is 2.38. The maximum Gasteiger partial charge on any atom is 0.256 e. The normalized spacial score (nSPS) is 14.8. The van der Waals surface area contributed by atoms with Crippen molar-refractivity contribution in [3.63, 3.8) is 0 Å². The summed E-state index contributed by atoms with van der Waals surface area (Å²) in [4.78, 5) is 130. The fourth-order valence-electron chi connectivity index (χ4n) is 8.19. The Morgan fingerprint density at radius 1 is 0.320 bits per heavy atom. The van der Waals surface area contributed by atoms with Gasteiger partial charge in [-0.15, -0.1) is 0 Å². The highest BCUT2D eigenvalue weighted by Gasteiger charge is 2.38. The molecule has 0 radical (unpaired) electrons. The van der Waals surface area contributed by atoms with E-state index in [1.165, 1.54) is 0 Å². The summed E-state index contributed by atoms with van der Waals surface area (Å²) in [6.45, 7) is -10.5. The van der Waals surface area contributed by atoms with Gasteiger partial charge in [0.1, 0.15) is 18.3 Å². The number of carbonyl (C=O) groups excluding carboxylic acids is 9. The van der Waals surface area contributed by atoms with E-state index in [2.05, 4.69) is 31.9 Å². The summed E-state index contributed by atoms with van der Waals surface area (Å²) in [6.07, 6.45) is -21.1. The van der Waals surface area contributed by atoms with E-state index in [1.54, 1.807) is 203 Å². The molecule has 3 aromatic rings. The Morgan fingerprint density at radius 3 is 0.773 bits per heavy atom. The molecule has 0 saturated carbocycles. The zero-order chi connectivity index (χ0) is 74.1. The number of aliphatic hydroxyl groups is 17. The highest BCUT2D eigenvalue weighted by atomic mass is 127. The van der Waals surface area contributed by atoms with Crippen LogP contribution in [0.15, 0.2) is 0 Å². The lowest BCUT2D eigenvalue weighted by Crippen LogP contribution is -2.48. The van der Waals surface area contributed by atoms with Crippen LogP contribution in [0.5, 0.6) is 0 Å². The Kier molecular flexibility index (Phi) is 39.0. The van der Waals surface area contributed by atoms with Gasteiger partial charge in [0, 0.05) is 70.6 Å². The van der Waals surface area contributed by atoms with E-state index in [-0.39, 0.29) is 77.0 Å². The van der Waals surface area contributed by atoms with Crippen LogP contribution in [0, 0.1) is 32.1 Å². The van der Waals surface area contributed by atoms with Crippen LogP contribution >= 0.6 is 203 Å². The molecule has 23 N–H and O–H groups in total. The minimum absolute atomic E-state index is 0.0524. The molecule has 11 atom stereocenters. The maximum atomic E-state index is 15.6. The molecule has 0 aliphatic carbocycles. The molecule has 11 unspecified atom stereocenters. The fourth-order valence-corrected chi connectivity index (χ4v) is 21.4. The van der Waals surface area contributed by atoms with Crippen molar-refractivity contribution in [2.45, 2.75) is 67.1 Å². The van der Waals surface area contributed by atoms with E-state index in [0.29, 0.717) is 0 Å². The van der Waals surface area contributed by atoms with Crippen molar-refractivity contribution < 1.29 is 130 Å². The first-order valence-electron chi connectivity index (χ1n) is 27.6. The molecule has 0 fully saturated rings. The second kappa shape index (κ2) is 42.1. The van der Waals surface area contributed by atoms with Crippen molar-refractivity contribution in [2.75, 3.05) is 116 Å². The van der Waals surface area contributed by atoms with Crippen molar-refractivity contribution in [3.8, 4) is 0 Å². The Bertz CT molecular complexity index is 3260. The number of carbonyl (C=O) groups is 9. The van der Waals surface area contributed by atoms with E-state index in [0.717, 1.165) is 28.8 Å². The number of nitrogens with zero attached hydrogens (tertiary/aromatic N) is 3. The van der Waals surface area contributed by atoms with Gasteiger partial charge in [-0.25, -0.2) is 0 Å². The van der Waals surface area contributed by atoms with E-state index in [1.807, 2.05) is 0 Å². The summed E-state index contributed by atoms with van der Waals surface area (Å²) < 4.78 is -1.03. The van der Waals surface area contributed by atoms with Crippen molar-refractivity contribution in [1.82, 2.24) is 30.7 Å². The number of amides is 9. The highest BCUT2D eigenvalue weighted by Crippen LogP contribution is 2.40. The van der Waals surface area contributed by atoms with Crippen molar-refractivity contribution in [2.24, 2.45) is 0 Å². The molecule has 44 heteroatoms. The number of hydrogen-bond donors (Lipinski definition) is 23. The van der Waals surface area contributed by atoms with E-state index in [9.17, 15) is 125 Å². The number of hydrogen-bond acceptors (Lipinski definition) is 26. The van der Waals surface area contributed by atoms with Gasteiger partial charge in [0.15, 0.2) is 18.3 Å². The summed E-state index contributed by atoms with van der Waals surface area (Å²) in [6, 6.07) is 0. The average Bonchev–Trinajstić information content (AvgIpc) is 0.777. The van der Waals surface area contributed by atoms with Gasteiger partial charge in [0.05, 0.1) is 142 Å². The topological polar surface area (TPSA) is 579 Å². The van der Waals surface area contributed by atoms with Gasteiger partial charge in [-0.2, -0.15) is 0 Å². The number of benzene rings is 3. The van der Waals surface area contributed by atoms with Gasteiger partial charge >= 0.3 is 0 Å². The molecule has 0 saturated heterocycles. The molecule has 3 aromatic carbocycles. The van der Waals surface area contributed by atoms with Crippen LogP contribution in [-0.4, -0.2) is 321 Å². The van der Waals surface area contributed by atoms with Crippen molar-refractivity contribution in [1.29, 1.82) is 0 Å². The van der Waals surface area contributed by atoms with Gasteiger partial charge < -0.3 is 133 Å². The molecule has 0 spiro atoms. The SMILES string of the molecule is CN(CC(O)CN(CC(O)CN(C)C(=O)c1c(I)c(NC(=O)C(O)C(O)CO)c(I)c(C(=O)NCC(O)CO)c1I)C(=O)c1c(I)c(NC(=O)C(O)C(O)CO)c(I)c(C(=O)NCC(O)CO)c1I)C(=O)c1c(I)c(NC(=O)C(O)C(O)CO)c(I)c(C(=O)NCC(O)CO)c1I. The number of likely N-dealkylation sites (N-methyl/N-ethyl adjacent to an activating group) is 2. The van der Waals surface area contributed by atoms with Crippen LogP contribution in [0.25, 0.3) is 0 Å². The molecule has 0 bridgehead atoms. The minimum Gasteiger partial charge on any atom is -0.394 e. The quantitative estimate of drug-likeness (QED) is 0.0245. The van der Waals surface area contributed by atoms with Crippen LogP contribution < -0.4 is 31.9 Å². The van der Waals surface area contributed by atoms with Gasteiger partial charge in [0.2, 0.25) is 0 Å². The molecule has 0 aromatic heterocycles. The third kappa shape index (κ3) is 23.6. The highest BCUT2D eigenvalue weighted by molar-refractivity contribution is 14.1. The van der Waals surface area contributed by atoms with Gasteiger partial charge in [-0.3, -0.25) is 43.2 Å². The lowest BCUT2D eigenvalue weighted by atomic mass is 10.0. The molecule has 0 aliphatic heterocycles. The van der Waals surface area contributed by atoms with Gasteiger partial charge in [-0.05, 0) is 203 Å². The molecule has 0 aliphatic rings. The average molecular weight is 2390 g/mol. The van der Waals surface area contributed by atoms with Crippen LogP contribution in [0.4, 0.5) is 17.1 Å². The van der Waals surface area contributed by atoms with Crippen LogP contribution in [-0.2, 0) is 14.4 Å². The van der Waals surface area contributed by atoms with E-state index < -0.39 is 211 Å². The number of nitrogens with one attached hydrogen (secondary N) is 6. The molecule has 3 rings (SSSR count). The van der Waals surface area contributed by atoms with Crippen LogP contribution in [0.3, 0.4) is 0 Å². The maximum absolute atomic E-state index is 15.6. The Hall–Kier alpha value is -1.22. The summed E-state index contributed by atoms with van der Waals surface area (Å²) in [7, 11) is 2.32. The first kappa shape index (κ1) is 90.0. The zero-order valence-corrected chi connectivity index (χ0v) is 69.5. The molecular weight excluding hydrogens is 2320 g/mol. The lowest BCUT2D eigenvalue weighted by Gasteiger charge is -2.32. The van der Waals surface area contributed by atoms with Crippen molar-refractivity contribution >= 4 is 274 Å². The van der Waals surface area contributed by atoms with E-state index >= 15 is 4.79 Å². The Labute approximate surface area is 673 Å². The van der Waals surface area contributed by atoms with Crippen LogP contribution in [0.2, 0.25) is 0 Å². The van der Waals surface area contributed by atoms with Gasteiger partial charge in [0.25, 0.3) is 53.2 Å². The van der Waals surface area contributed by atoms with Crippen molar-refractivity contribution in [3.05, 3.63) is 65.5 Å². The smallest absolute Gasteiger partial charge is 0.256 e. The predicted molar refractivity (Wildman–Crippen MR) is 415 cm³/mol. The first-order chi connectivity index (χ1) is 45.3. The first-order valence-corrected chi connectivity index (χ1v) is 37.3. The number of halogens is 9. The monoisotopic (exact) mass is 2390 g/mol. The number of rotatable bonds is 35. The summed E-state index contributed by atoms with van der Waals surface area (Å²) >= 11 is 14.7. The summed E-state index contributed by atoms with van der Waals surface area (Å²) in [5.74, 6) is -10.1. The minimum atomic E-state index is -2.32. The second-order valence-electron chi connectivity index (χ2n) is 20.8. The molecule has 97 heavy (non-hydrogen) atoms. The number of aliphatic hydroxyl groups excluding tert-OH is 17. The summed E-state index contributed by atoms with van der Waals surface area (Å²) in [5, 5.41) is 187. The van der Waals surface area contributed by atoms with Crippen LogP contribution in [0.1, 0.15) is 62.1 Å². The third-order valence-corrected chi connectivity index (χ3v) is 23.1. The molecule has 0 heterocycles. The standard InChI is InChI=1S/C53H66I9N9O26/c1-69(51(95)27-30(54)24(45(89)63-3-16(78)10-72)33(57)39(36(27)60)66-48(92)42(86)21(83)13-75)6-19(81)8-71(53(97)29-32(56)26(47(91)65-5-18(80)12-74)35(59)41(38(29)62)68-50(94)44(88)23(85)15-77)9-20(82)7-70(2)52(96)28-31(55)25(46(90)64-4-17(79)11-73)34(58)40(37(28)61)67-49(93)43(87)22(84)14-76/h16-23,42-44,72-88H,3-15H2,1-2H3,(H,63,89)(H,64,90)(H,65,91)(H,66,92)(H,67,93)(H,68,94).